The molecule has 1 atom stereocenters. The third kappa shape index (κ3) is 20.0. The average molecular weight is 399 g/mol. The molecule has 0 aromatic carbocycles. The molecule has 0 aliphatic rings. The van der Waals surface area contributed by atoms with E-state index in [1.165, 1.54) is 83.5 Å². The first-order chi connectivity index (χ1) is 13.4. The van der Waals surface area contributed by atoms with Gasteiger partial charge in [-0.05, 0) is 33.7 Å². The van der Waals surface area contributed by atoms with Crippen molar-refractivity contribution in [1.82, 2.24) is 10.6 Å². The van der Waals surface area contributed by atoms with Crippen LogP contribution in [0, 0.1) is 0 Å². The lowest BCUT2D eigenvalue weighted by Gasteiger charge is -2.24. The molecular weight excluding hydrogens is 348 g/mol. The van der Waals surface area contributed by atoms with Gasteiger partial charge in [-0.3, -0.25) is 0 Å². The first kappa shape index (κ1) is 27.2. The molecule has 0 radical (unpaired) electrons. The quantitative estimate of drug-likeness (QED) is 0.245. The van der Waals surface area contributed by atoms with Crippen LogP contribution in [0.4, 0.5) is 4.79 Å². The van der Waals surface area contributed by atoms with Crippen molar-refractivity contribution in [3.05, 3.63) is 0 Å². The highest BCUT2D eigenvalue weighted by molar-refractivity contribution is 5.68. The maximum atomic E-state index is 12.0. The van der Waals surface area contributed by atoms with E-state index in [4.69, 9.17) is 4.74 Å². The van der Waals surface area contributed by atoms with Gasteiger partial charge in [0.2, 0.25) is 0 Å². The van der Waals surface area contributed by atoms with E-state index < -0.39 is 5.60 Å². The summed E-state index contributed by atoms with van der Waals surface area (Å²) in [5.41, 5.74) is -0.442. The van der Waals surface area contributed by atoms with Crippen LogP contribution in [0.15, 0.2) is 0 Å². The van der Waals surface area contributed by atoms with E-state index in [0.717, 1.165) is 19.5 Å². The molecule has 0 aliphatic carbocycles. The topological polar surface area (TPSA) is 50.4 Å². The SMILES string of the molecule is CCCCCCCCCCCCCCCC(CNCC)NC(=O)OC(C)(C)C. The van der Waals surface area contributed by atoms with E-state index in [1.807, 2.05) is 20.8 Å². The number of rotatable bonds is 18. The summed E-state index contributed by atoms with van der Waals surface area (Å²) in [6.45, 7) is 11.8. The molecule has 1 amide bonds. The second kappa shape index (κ2) is 18.3. The average Bonchev–Trinajstić information content (AvgIpc) is 2.61. The fourth-order valence-electron chi connectivity index (χ4n) is 3.43. The van der Waals surface area contributed by atoms with Crippen LogP contribution in [0.2, 0.25) is 0 Å². The lowest BCUT2D eigenvalue weighted by Crippen LogP contribution is -2.44. The summed E-state index contributed by atoms with van der Waals surface area (Å²) in [5, 5.41) is 6.37. The van der Waals surface area contributed by atoms with Crippen LogP contribution in [0.5, 0.6) is 0 Å². The van der Waals surface area contributed by atoms with Gasteiger partial charge in [-0.1, -0.05) is 97.3 Å². The standard InChI is InChI=1S/C24H50N2O2/c1-6-8-9-10-11-12-13-14-15-16-17-18-19-20-22(21-25-7-2)26-23(27)28-24(3,4)5/h22,25H,6-21H2,1-5H3,(H,26,27). The molecule has 0 heterocycles. The van der Waals surface area contributed by atoms with Crippen molar-refractivity contribution in [2.45, 2.75) is 136 Å². The molecule has 28 heavy (non-hydrogen) atoms. The van der Waals surface area contributed by atoms with Crippen molar-refractivity contribution in [3.8, 4) is 0 Å². The third-order valence-electron chi connectivity index (χ3n) is 5.02. The van der Waals surface area contributed by atoms with E-state index in [-0.39, 0.29) is 12.1 Å². The highest BCUT2D eigenvalue weighted by atomic mass is 16.6. The van der Waals surface area contributed by atoms with Crippen LogP contribution < -0.4 is 10.6 Å². The maximum Gasteiger partial charge on any atom is 0.407 e. The van der Waals surface area contributed by atoms with Gasteiger partial charge in [0.15, 0.2) is 0 Å². The van der Waals surface area contributed by atoms with Crippen LogP contribution >= 0.6 is 0 Å². The van der Waals surface area contributed by atoms with Gasteiger partial charge in [-0.15, -0.1) is 0 Å². The van der Waals surface area contributed by atoms with Crippen molar-refractivity contribution in [1.29, 1.82) is 0 Å². The minimum atomic E-state index is -0.442. The monoisotopic (exact) mass is 398 g/mol. The Morgan fingerprint density at radius 2 is 1.25 bits per heavy atom. The van der Waals surface area contributed by atoms with E-state index in [9.17, 15) is 4.79 Å². The molecule has 4 heteroatoms. The van der Waals surface area contributed by atoms with E-state index in [0.29, 0.717) is 0 Å². The largest absolute Gasteiger partial charge is 0.444 e. The van der Waals surface area contributed by atoms with Gasteiger partial charge in [0, 0.05) is 12.6 Å². The Labute approximate surface area is 176 Å². The van der Waals surface area contributed by atoms with Gasteiger partial charge in [-0.25, -0.2) is 4.79 Å². The number of carbonyl (C=O) groups excluding carboxylic acids is 1. The predicted molar refractivity (Wildman–Crippen MR) is 122 cm³/mol. The van der Waals surface area contributed by atoms with Crippen LogP contribution in [-0.4, -0.2) is 30.8 Å². The van der Waals surface area contributed by atoms with Gasteiger partial charge >= 0.3 is 6.09 Å². The molecule has 0 aliphatic heterocycles. The third-order valence-corrected chi connectivity index (χ3v) is 5.02. The number of amides is 1. The van der Waals surface area contributed by atoms with E-state index >= 15 is 0 Å². The normalized spacial score (nSPS) is 12.8. The number of alkyl carbamates (subject to hydrolysis) is 1. The Bertz CT molecular complexity index is 353. The minimum Gasteiger partial charge on any atom is -0.444 e. The van der Waals surface area contributed by atoms with Crippen molar-refractivity contribution in [2.24, 2.45) is 0 Å². The van der Waals surface area contributed by atoms with Crippen LogP contribution in [0.1, 0.15) is 125 Å². The number of unbranched alkanes of at least 4 members (excludes halogenated alkanes) is 12. The Hall–Kier alpha value is -0.770. The lowest BCUT2D eigenvalue weighted by atomic mass is 10.0. The molecule has 0 aromatic rings. The van der Waals surface area contributed by atoms with Gasteiger partial charge in [0.25, 0.3) is 0 Å². The Morgan fingerprint density at radius 1 is 0.786 bits per heavy atom. The second-order valence-electron chi connectivity index (χ2n) is 9.18. The number of nitrogens with one attached hydrogen (secondary N) is 2. The van der Waals surface area contributed by atoms with Crippen molar-refractivity contribution in [3.63, 3.8) is 0 Å². The smallest absolute Gasteiger partial charge is 0.407 e. The van der Waals surface area contributed by atoms with E-state index in [2.05, 4.69) is 24.5 Å². The fourth-order valence-corrected chi connectivity index (χ4v) is 3.43. The van der Waals surface area contributed by atoms with Gasteiger partial charge in [-0.2, -0.15) is 0 Å². The zero-order valence-corrected chi connectivity index (χ0v) is 19.7. The van der Waals surface area contributed by atoms with Crippen molar-refractivity contribution in [2.75, 3.05) is 13.1 Å². The molecule has 4 nitrogen and oxygen atoms in total. The van der Waals surface area contributed by atoms with E-state index in [1.54, 1.807) is 0 Å². The Morgan fingerprint density at radius 3 is 1.68 bits per heavy atom. The lowest BCUT2D eigenvalue weighted by molar-refractivity contribution is 0.0501. The van der Waals surface area contributed by atoms with Crippen LogP contribution in [0.25, 0.3) is 0 Å². The molecular formula is C24H50N2O2. The van der Waals surface area contributed by atoms with Crippen LogP contribution in [0.3, 0.4) is 0 Å². The first-order valence-corrected chi connectivity index (χ1v) is 12.1. The van der Waals surface area contributed by atoms with Crippen molar-refractivity contribution >= 4 is 6.09 Å². The Balaban J connectivity index is 3.67. The summed E-state index contributed by atoms with van der Waals surface area (Å²) in [7, 11) is 0. The number of likely N-dealkylation sites (N-methyl/N-ethyl adjacent to an activating group) is 1. The molecule has 0 aromatic heterocycles. The highest BCUT2D eigenvalue weighted by Crippen LogP contribution is 2.14. The number of ether oxygens (including phenoxy) is 1. The molecule has 0 spiro atoms. The zero-order chi connectivity index (χ0) is 21.1. The summed E-state index contributed by atoms with van der Waals surface area (Å²) in [6.07, 6.45) is 18.5. The van der Waals surface area contributed by atoms with Gasteiger partial charge in [0.1, 0.15) is 5.60 Å². The summed E-state index contributed by atoms with van der Waals surface area (Å²) in [4.78, 5) is 12.0. The van der Waals surface area contributed by atoms with Gasteiger partial charge in [0.05, 0.1) is 0 Å². The minimum absolute atomic E-state index is 0.155. The molecule has 0 saturated heterocycles. The fraction of sp³-hybridized carbons (Fsp3) is 0.958. The molecule has 168 valence electrons. The Kier molecular flexibility index (Phi) is 17.8. The second-order valence-corrected chi connectivity index (χ2v) is 9.18. The molecule has 0 bridgehead atoms. The summed E-state index contributed by atoms with van der Waals surface area (Å²) in [6, 6.07) is 0.155. The van der Waals surface area contributed by atoms with Crippen LogP contribution in [-0.2, 0) is 4.74 Å². The molecule has 1 unspecified atom stereocenters. The summed E-state index contributed by atoms with van der Waals surface area (Å²) < 4.78 is 5.39. The van der Waals surface area contributed by atoms with Gasteiger partial charge < -0.3 is 15.4 Å². The number of hydrogen-bond acceptors (Lipinski definition) is 3. The first-order valence-electron chi connectivity index (χ1n) is 12.1. The summed E-state index contributed by atoms with van der Waals surface area (Å²) in [5.74, 6) is 0. The highest BCUT2D eigenvalue weighted by Gasteiger charge is 2.19. The number of carbonyl (C=O) groups is 1. The molecule has 0 saturated carbocycles. The molecule has 0 fully saturated rings. The van der Waals surface area contributed by atoms with Crippen molar-refractivity contribution < 1.29 is 9.53 Å². The number of hydrogen-bond donors (Lipinski definition) is 2. The summed E-state index contributed by atoms with van der Waals surface area (Å²) >= 11 is 0. The maximum absolute atomic E-state index is 12.0. The molecule has 0 rings (SSSR count). The zero-order valence-electron chi connectivity index (χ0n) is 19.7. The predicted octanol–water partition coefficient (Wildman–Crippen LogP) is 6.97. The molecule has 2 N–H and O–H groups in total.